The van der Waals surface area contributed by atoms with Crippen molar-refractivity contribution in [1.82, 2.24) is 5.06 Å². The standard InChI is InChI=1S/C9H15NO6/c1-5-3-2-4-10(5)16-9(15)7(12)6(11)8(13)14/h5-7,11-12H,2-4H2,1H3,(H,13,14). The van der Waals surface area contributed by atoms with E-state index in [1.807, 2.05) is 6.92 Å². The first-order valence-electron chi connectivity index (χ1n) is 5.01. The minimum Gasteiger partial charge on any atom is -0.479 e. The highest BCUT2D eigenvalue weighted by molar-refractivity contribution is 5.84. The number of nitrogens with zero attached hydrogens (tertiary/aromatic N) is 1. The summed E-state index contributed by atoms with van der Waals surface area (Å²) in [6.07, 6.45) is -2.49. The molecule has 7 heteroatoms. The van der Waals surface area contributed by atoms with E-state index in [2.05, 4.69) is 0 Å². The molecule has 1 rings (SSSR count). The van der Waals surface area contributed by atoms with Crippen molar-refractivity contribution in [3.05, 3.63) is 0 Å². The maximum Gasteiger partial charge on any atom is 0.357 e. The van der Waals surface area contributed by atoms with E-state index in [-0.39, 0.29) is 6.04 Å². The Morgan fingerprint density at radius 2 is 2.00 bits per heavy atom. The van der Waals surface area contributed by atoms with Gasteiger partial charge in [-0.2, -0.15) is 0 Å². The molecule has 7 nitrogen and oxygen atoms in total. The van der Waals surface area contributed by atoms with E-state index in [0.717, 1.165) is 12.8 Å². The summed E-state index contributed by atoms with van der Waals surface area (Å²) >= 11 is 0. The predicted molar refractivity (Wildman–Crippen MR) is 51.1 cm³/mol. The van der Waals surface area contributed by atoms with Crippen LogP contribution in [0.15, 0.2) is 0 Å². The Labute approximate surface area is 92.2 Å². The Hall–Kier alpha value is -1.18. The minimum atomic E-state index is -2.16. The summed E-state index contributed by atoms with van der Waals surface area (Å²) in [5.41, 5.74) is 0. The van der Waals surface area contributed by atoms with Gasteiger partial charge in [-0.1, -0.05) is 0 Å². The van der Waals surface area contributed by atoms with Gasteiger partial charge in [0.15, 0.2) is 12.2 Å². The minimum absolute atomic E-state index is 0.0399. The van der Waals surface area contributed by atoms with Gasteiger partial charge in [0.1, 0.15) is 0 Å². The molecule has 1 heterocycles. The van der Waals surface area contributed by atoms with Crippen molar-refractivity contribution in [1.29, 1.82) is 0 Å². The topological polar surface area (TPSA) is 107 Å². The highest BCUT2D eigenvalue weighted by Crippen LogP contribution is 2.17. The van der Waals surface area contributed by atoms with E-state index in [0.29, 0.717) is 6.54 Å². The number of rotatable bonds is 4. The number of carbonyl (C=O) groups is 2. The largest absolute Gasteiger partial charge is 0.479 e. The molecule has 1 aliphatic rings. The van der Waals surface area contributed by atoms with Crippen LogP contribution in [0, 0.1) is 0 Å². The van der Waals surface area contributed by atoms with E-state index in [9.17, 15) is 14.7 Å². The summed E-state index contributed by atoms with van der Waals surface area (Å²) in [5.74, 6) is -2.82. The number of hydrogen-bond donors (Lipinski definition) is 3. The van der Waals surface area contributed by atoms with Gasteiger partial charge in [-0.25, -0.2) is 9.59 Å². The summed E-state index contributed by atoms with van der Waals surface area (Å²) in [4.78, 5) is 26.3. The van der Waals surface area contributed by atoms with Gasteiger partial charge >= 0.3 is 11.9 Å². The van der Waals surface area contributed by atoms with Crippen molar-refractivity contribution < 1.29 is 29.7 Å². The van der Waals surface area contributed by atoms with Crippen LogP contribution in [0.25, 0.3) is 0 Å². The Bertz CT molecular complexity index is 281. The molecule has 0 saturated carbocycles. The van der Waals surface area contributed by atoms with E-state index in [1.165, 1.54) is 5.06 Å². The molecule has 0 aromatic heterocycles. The lowest BCUT2D eigenvalue weighted by Gasteiger charge is -2.22. The molecule has 0 radical (unpaired) electrons. The van der Waals surface area contributed by atoms with Crippen LogP contribution in [-0.4, -0.2) is 57.1 Å². The smallest absolute Gasteiger partial charge is 0.357 e. The van der Waals surface area contributed by atoms with Crippen molar-refractivity contribution in [3.63, 3.8) is 0 Å². The van der Waals surface area contributed by atoms with Crippen molar-refractivity contribution in [2.75, 3.05) is 6.54 Å². The Kier molecular flexibility index (Phi) is 4.22. The van der Waals surface area contributed by atoms with Gasteiger partial charge in [-0.05, 0) is 19.8 Å². The molecule has 0 aromatic rings. The highest BCUT2D eigenvalue weighted by atomic mass is 16.7. The molecule has 0 bridgehead atoms. The number of hydroxylamine groups is 2. The van der Waals surface area contributed by atoms with Crippen LogP contribution in [0.4, 0.5) is 0 Å². The summed E-state index contributed by atoms with van der Waals surface area (Å²) in [7, 11) is 0. The monoisotopic (exact) mass is 233 g/mol. The predicted octanol–water partition coefficient (Wildman–Crippen LogP) is -1.26. The third kappa shape index (κ3) is 2.91. The van der Waals surface area contributed by atoms with Crippen LogP contribution in [0.5, 0.6) is 0 Å². The molecule has 1 fully saturated rings. The molecular weight excluding hydrogens is 218 g/mol. The second kappa shape index (κ2) is 5.24. The van der Waals surface area contributed by atoms with E-state index in [1.54, 1.807) is 0 Å². The number of aliphatic carboxylic acids is 1. The Morgan fingerprint density at radius 3 is 2.44 bits per heavy atom. The fourth-order valence-corrected chi connectivity index (χ4v) is 1.48. The zero-order chi connectivity index (χ0) is 12.3. The lowest BCUT2D eigenvalue weighted by atomic mass is 10.2. The van der Waals surface area contributed by atoms with Crippen molar-refractivity contribution >= 4 is 11.9 Å². The number of carboxylic acid groups (broad SMARTS) is 1. The van der Waals surface area contributed by atoms with Gasteiger partial charge in [0.25, 0.3) is 0 Å². The highest BCUT2D eigenvalue weighted by Gasteiger charge is 2.34. The zero-order valence-electron chi connectivity index (χ0n) is 8.87. The molecule has 3 atom stereocenters. The second-order valence-corrected chi connectivity index (χ2v) is 3.77. The van der Waals surface area contributed by atoms with Gasteiger partial charge in [0.2, 0.25) is 0 Å². The molecular formula is C9H15NO6. The average Bonchev–Trinajstić information content (AvgIpc) is 2.62. The molecule has 92 valence electrons. The molecule has 3 unspecified atom stereocenters. The molecule has 0 amide bonds. The first-order valence-corrected chi connectivity index (χ1v) is 5.01. The van der Waals surface area contributed by atoms with Crippen LogP contribution < -0.4 is 0 Å². The third-order valence-electron chi connectivity index (χ3n) is 2.49. The van der Waals surface area contributed by atoms with Crippen LogP contribution >= 0.6 is 0 Å². The average molecular weight is 233 g/mol. The first-order chi connectivity index (χ1) is 7.43. The number of carbonyl (C=O) groups excluding carboxylic acids is 1. The van der Waals surface area contributed by atoms with Gasteiger partial charge in [0, 0.05) is 12.6 Å². The van der Waals surface area contributed by atoms with Gasteiger partial charge in [-0.15, -0.1) is 5.06 Å². The summed E-state index contributed by atoms with van der Waals surface area (Å²) in [6, 6.07) is 0.0399. The number of carboxylic acids is 1. The number of hydrogen-bond acceptors (Lipinski definition) is 6. The fourth-order valence-electron chi connectivity index (χ4n) is 1.48. The van der Waals surface area contributed by atoms with Crippen molar-refractivity contribution in [2.24, 2.45) is 0 Å². The van der Waals surface area contributed by atoms with Gasteiger partial charge < -0.3 is 20.2 Å². The number of aliphatic hydroxyl groups excluding tert-OH is 2. The first kappa shape index (κ1) is 12.9. The molecule has 1 aliphatic heterocycles. The van der Waals surface area contributed by atoms with Gasteiger partial charge in [0.05, 0.1) is 0 Å². The van der Waals surface area contributed by atoms with Gasteiger partial charge in [-0.3, -0.25) is 0 Å². The van der Waals surface area contributed by atoms with Crippen LogP contribution in [-0.2, 0) is 14.4 Å². The third-order valence-corrected chi connectivity index (χ3v) is 2.49. The maximum absolute atomic E-state index is 11.3. The van der Waals surface area contributed by atoms with Crippen LogP contribution in [0.2, 0.25) is 0 Å². The SMILES string of the molecule is CC1CCCN1OC(=O)C(O)C(O)C(=O)O. The summed E-state index contributed by atoms with van der Waals surface area (Å²) in [6.45, 7) is 2.39. The molecule has 1 saturated heterocycles. The normalized spacial score (nSPS) is 25.1. The molecule has 0 spiro atoms. The summed E-state index contributed by atoms with van der Waals surface area (Å²) in [5, 5.41) is 27.9. The maximum atomic E-state index is 11.3. The molecule has 0 aliphatic carbocycles. The second-order valence-electron chi connectivity index (χ2n) is 3.77. The Morgan fingerprint density at radius 1 is 1.38 bits per heavy atom. The quantitative estimate of drug-likeness (QED) is 0.556. The van der Waals surface area contributed by atoms with Crippen LogP contribution in [0.1, 0.15) is 19.8 Å². The molecule has 0 aromatic carbocycles. The van der Waals surface area contributed by atoms with Crippen molar-refractivity contribution in [3.8, 4) is 0 Å². The van der Waals surface area contributed by atoms with E-state index in [4.69, 9.17) is 15.1 Å². The van der Waals surface area contributed by atoms with E-state index >= 15 is 0 Å². The molecule has 3 N–H and O–H groups in total. The lowest BCUT2D eigenvalue weighted by Crippen LogP contribution is -2.43. The summed E-state index contributed by atoms with van der Waals surface area (Å²) < 4.78 is 0. The Balaban J connectivity index is 2.48. The number of aliphatic hydroxyl groups is 2. The van der Waals surface area contributed by atoms with E-state index < -0.39 is 24.1 Å². The fraction of sp³-hybridized carbons (Fsp3) is 0.778. The zero-order valence-corrected chi connectivity index (χ0v) is 8.87. The van der Waals surface area contributed by atoms with Crippen molar-refractivity contribution in [2.45, 2.75) is 38.0 Å². The molecule has 16 heavy (non-hydrogen) atoms. The van der Waals surface area contributed by atoms with Crippen LogP contribution in [0.3, 0.4) is 0 Å². The lowest BCUT2D eigenvalue weighted by molar-refractivity contribution is -0.209.